The van der Waals surface area contributed by atoms with Crippen molar-refractivity contribution in [3.63, 3.8) is 0 Å². The predicted molar refractivity (Wildman–Crippen MR) is 79.4 cm³/mol. The highest BCUT2D eigenvalue weighted by atomic mass is 16.6. The van der Waals surface area contributed by atoms with E-state index in [1.165, 1.54) is 19.3 Å². The first-order chi connectivity index (χ1) is 9.72. The first-order valence-corrected chi connectivity index (χ1v) is 7.99. The summed E-state index contributed by atoms with van der Waals surface area (Å²) in [7, 11) is 0. The van der Waals surface area contributed by atoms with Crippen molar-refractivity contribution in [2.45, 2.75) is 63.5 Å². The van der Waals surface area contributed by atoms with E-state index in [0.29, 0.717) is 12.0 Å². The monoisotopic (exact) mass is 275 g/mol. The molecule has 1 N–H and O–H groups in total. The van der Waals surface area contributed by atoms with Gasteiger partial charge in [-0.2, -0.15) is 0 Å². The fourth-order valence-corrected chi connectivity index (χ4v) is 4.16. The first kappa shape index (κ1) is 13.7. The maximum absolute atomic E-state index is 12.1. The van der Waals surface area contributed by atoms with Crippen molar-refractivity contribution in [2.75, 3.05) is 0 Å². The average molecular weight is 275 g/mol. The Morgan fingerprint density at radius 1 is 1.40 bits per heavy atom. The molecule has 1 amide bonds. The molecule has 3 aliphatic rings. The predicted octanol–water partition coefficient (Wildman–Crippen LogP) is 3.96. The van der Waals surface area contributed by atoms with Crippen molar-refractivity contribution in [1.82, 2.24) is 5.32 Å². The molecule has 3 rings (SSSR count). The van der Waals surface area contributed by atoms with Crippen molar-refractivity contribution < 1.29 is 9.53 Å². The Labute approximate surface area is 121 Å². The summed E-state index contributed by atoms with van der Waals surface area (Å²) in [5.74, 6) is 0.586. The molecule has 0 heterocycles. The third-order valence-electron chi connectivity index (χ3n) is 5.20. The molecule has 2 fully saturated rings. The van der Waals surface area contributed by atoms with E-state index in [2.05, 4.69) is 24.0 Å². The summed E-state index contributed by atoms with van der Waals surface area (Å²) in [4.78, 5) is 12.1. The highest BCUT2D eigenvalue weighted by Crippen LogP contribution is 2.52. The zero-order valence-corrected chi connectivity index (χ0v) is 12.1. The van der Waals surface area contributed by atoms with Gasteiger partial charge in [0, 0.05) is 11.5 Å². The minimum absolute atomic E-state index is 0.0241. The van der Waals surface area contributed by atoms with Crippen LogP contribution in [0.1, 0.15) is 51.4 Å². The van der Waals surface area contributed by atoms with Crippen LogP contribution in [0.3, 0.4) is 0 Å². The second-order valence-corrected chi connectivity index (χ2v) is 6.66. The standard InChI is InChI=1S/C17H25NO2/c1-2-9-17-10-8-13(12-17)11-15(17)20-16(19)18-14-6-4-3-5-7-14/h2,8,10,13-15H,1,3-7,9,11-12H2,(H,18,19). The van der Waals surface area contributed by atoms with Gasteiger partial charge in [-0.05, 0) is 38.0 Å². The summed E-state index contributed by atoms with van der Waals surface area (Å²) >= 11 is 0. The minimum Gasteiger partial charge on any atom is -0.445 e. The molecule has 0 radical (unpaired) electrons. The second kappa shape index (κ2) is 5.63. The SMILES string of the molecule is C=CCC12C=CC(CC1OC(=O)NC1CCCCC1)C2. The molecule has 20 heavy (non-hydrogen) atoms. The number of ether oxygens (including phenoxy) is 1. The van der Waals surface area contributed by atoms with E-state index in [1.807, 2.05) is 6.08 Å². The Hall–Kier alpha value is -1.25. The fraction of sp³-hybridized carbons (Fsp3) is 0.706. The van der Waals surface area contributed by atoms with Gasteiger partial charge in [0.2, 0.25) is 0 Å². The number of fused-ring (bicyclic) bond motifs is 2. The van der Waals surface area contributed by atoms with Gasteiger partial charge in [-0.1, -0.05) is 37.5 Å². The summed E-state index contributed by atoms with van der Waals surface area (Å²) in [6.07, 6.45) is 15.2. The van der Waals surface area contributed by atoms with Crippen LogP contribution in [0.15, 0.2) is 24.8 Å². The van der Waals surface area contributed by atoms with E-state index in [9.17, 15) is 4.79 Å². The smallest absolute Gasteiger partial charge is 0.407 e. The lowest BCUT2D eigenvalue weighted by Crippen LogP contribution is -2.41. The molecule has 0 aromatic heterocycles. The van der Waals surface area contributed by atoms with Crippen molar-refractivity contribution in [1.29, 1.82) is 0 Å². The summed E-state index contributed by atoms with van der Waals surface area (Å²) in [6, 6.07) is 0.320. The Kier molecular flexibility index (Phi) is 3.86. The number of amides is 1. The number of allylic oxidation sites excluding steroid dienone is 2. The lowest BCUT2D eigenvalue weighted by Gasteiger charge is -2.32. The molecule has 110 valence electrons. The highest BCUT2D eigenvalue weighted by molar-refractivity contribution is 5.68. The topological polar surface area (TPSA) is 38.3 Å². The van der Waals surface area contributed by atoms with Crippen LogP contribution in [-0.2, 0) is 4.74 Å². The highest BCUT2D eigenvalue weighted by Gasteiger charge is 2.50. The molecule has 3 nitrogen and oxygen atoms in total. The van der Waals surface area contributed by atoms with Crippen LogP contribution in [0.25, 0.3) is 0 Å². The third kappa shape index (κ3) is 2.63. The molecule has 3 atom stereocenters. The van der Waals surface area contributed by atoms with Gasteiger partial charge in [0.15, 0.2) is 0 Å². The number of carbonyl (C=O) groups excluding carboxylic acids is 1. The van der Waals surface area contributed by atoms with E-state index >= 15 is 0 Å². The molecular weight excluding hydrogens is 250 g/mol. The molecule has 2 saturated carbocycles. The van der Waals surface area contributed by atoms with E-state index in [0.717, 1.165) is 32.1 Å². The third-order valence-corrected chi connectivity index (χ3v) is 5.20. The number of hydrogen-bond donors (Lipinski definition) is 1. The normalized spacial score (nSPS) is 36.0. The van der Waals surface area contributed by atoms with E-state index in [4.69, 9.17) is 4.74 Å². The van der Waals surface area contributed by atoms with Crippen LogP contribution < -0.4 is 5.32 Å². The molecule has 2 bridgehead atoms. The minimum atomic E-state index is -0.216. The first-order valence-electron chi connectivity index (χ1n) is 7.99. The largest absolute Gasteiger partial charge is 0.445 e. The van der Waals surface area contributed by atoms with Crippen LogP contribution in [0.4, 0.5) is 4.79 Å². The van der Waals surface area contributed by atoms with Gasteiger partial charge in [0.25, 0.3) is 0 Å². The second-order valence-electron chi connectivity index (χ2n) is 6.66. The van der Waals surface area contributed by atoms with Crippen LogP contribution in [0, 0.1) is 11.3 Å². The quantitative estimate of drug-likeness (QED) is 0.789. The molecule has 0 aliphatic heterocycles. The van der Waals surface area contributed by atoms with Gasteiger partial charge < -0.3 is 10.1 Å². The van der Waals surface area contributed by atoms with Crippen LogP contribution >= 0.6 is 0 Å². The van der Waals surface area contributed by atoms with Gasteiger partial charge in [-0.3, -0.25) is 0 Å². The Morgan fingerprint density at radius 3 is 2.90 bits per heavy atom. The van der Waals surface area contributed by atoms with Crippen molar-refractivity contribution in [3.8, 4) is 0 Å². The number of alkyl carbamates (subject to hydrolysis) is 1. The van der Waals surface area contributed by atoms with Crippen LogP contribution in [0.5, 0.6) is 0 Å². The van der Waals surface area contributed by atoms with Crippen molar-refractivity contribution in [2.24, 2.45) is 11.3 Å². The van der Waals surface area contributed by atoms with Gasteiger partial charge in [-0.15, -0.1) is 6.58 Å². The molecule has 0 aromatic carbocycles. The zero-order valence-electron chi connectivity index (χ0n) is 12.1. The summed E-state index contributed by atoms with van der Waals surface area (Å²) in [5, 5.41) is 3.05. The summed E-state index contributed by atoms with van der Waals surface area (Å²) < 4.78 is 5.75. The van der Waals surface area contributed by atoms with Gasteiger partial charge in [0.05, 0.1) is 0 Å². The molecule has 3 unspecified atom stereocenters. The molecule has 0 saturated heterocycles. The Morgan fingerprint density at radius 2 is 2.20 bits per heavy atom. The van der Waals surface area contributed by atoms with Gasteiger partial charge in [0.1, 0.15) is 6.10 Å². The number of carbonyl (C=O) groups is 1. The van der Waals surface area contributed by atoms with Gasteiger partial charge >= 0.3 is 6.09 Å². The Bertz CT molecular complexity index is 411. The fourth-order valence-electron chi connectivity index (χ4n) is 4.16. The molecule has 0 spiro atoms. The lowest BCUT2D eigenvalue weighted by molar-refractivity contribution is 0.0448. The maximum atomic E-state index is 12.1. The lowest BCUT2D eigenvalue weighted by atomic mass is 9.82. The van der Waals surface area contributed by atoms with E-state index < -0.39 is 0 Å². The number of rotatable bonds is 4. The summed E-state index contributed by atoms with van der Waals surface area (Å²) in [6.45, 7) is 3.85. The van der Waals surface area contributed by atoms with Crippen LogP contribution in [0.2, 0.25) is 0 Å². The average Bonchev–Trinajstić information content (AvgIpc) is 2.97. The van der Waals surface area contributed by atoms with Crippen LogP contribution in [-0.4, -0.2) is 18.2 Å². The summed E-state index contributed by atoms with van der Waals surface area (Å²) in [5.41, 5.74) is 0.0241. The molecular formula is C17H25NO2. The molecule has 0 aromatic rings. The van der Waals surface area contributed by atoms with E-state index in [1.54, 1.807) is 0 Å². The molecule has 3 aliphatic carbocycles. The van der Waals surface area contributed by atoms with Crippen molar-refractivity contribution in [3.05, 3.63) is 24.8 Å². The Balaban J connectivity index is 1.55. The zero-order chi connectivity index (χ0) is 14.0. The maximum Gasteiger partial charge on any atom is 0.407 e. The van der Waals surface area contributed by atoms with Crippen molar-refractivity contribution >= 4 is 6.09 Å². The van der Waals surface area contributed by atoms with E-state index in [-0.39, 0.29) is 17.6 Å². The number of hydrogen-bond acceptors (Lipinski definition) is 2. The van der Waals surface area contributed by atoms with Gasteiger partial charge in [-0.25, -0.2) is 4.79 Å². The molecule has 3 heteroatoms. The number of nitrogens with one attached hydrogen (secondary N) is 1.